The van der Waals surface area contributed by atoms with E-state index in [4.69, 9.17) is 10.2 Å². The summed E-state index contributed by atoms with van der Waals surface area (Å²) in [5.74, 6) is -3.21. The van der Waals surface area contributed by atoms with Crippen LogP contribution in [0, 0.1) is 0 Å². The first-order chi connectivity index (χ1) is 12.3. The smallest absolute Gasteiger partial charge is 0.872 e. The van der Waals surface area contributed by atoms with Crippen molar-refractivity contribution in [2.75, 3.05) is 0 Å². The molecular formula is C20H18CaO6. The standard InChI is InChI=1S/2C10H10O3.Ca/c2*1-2-4-7-5-3-6-8(9(7)11)10(12)13;/h2*2-3,5-6,11H,1,4H2,(H,12,13);/q;;+2/p-2. The van der Waals surface area contributed by atoms with E-state index in [1.165, 1.54) is 12.1 Å². The van der Waals surface area contributed by atoms with Gasteiger partial charge in [-0.15, -0.1) is 13.2 Å². The Balaban J connectivity index is 0.000000483. The molecule has 0 saturated carbocycles. The molecule has 27 heavy (non-hydrogen) atoms. The molecule has 0 amide bonds. The van der Waals surface area contributed by atoms with Gasteiger partial charge in [-0.3, -0.25) is 0 Å². The monoisotopic (exact) mass is 394 g/mol. The van der Waals surface area contributed by atoms with Gasteiger partial charge in [-0.1, -0.05) is 59.0 Å². The number of hydrogen-bond acceptors (Lipinski definition) is 4. The molecule has 2 aromatic rings. The zero-order valence-corrected chi connectivity index (χ0v) is 16.9. The van der Waals surface area contributed by atoms with Crippen LogP contribution in [0.2, 0.25) is 0 Å². The third-order valence-electron chi connectivity index (χ3n) is 3.38. The minimum atomic E-state index is -1.18. The summed E-state index contributed by atoms with van der Waals surface area (Å²) in [5.41, 5.74) is 0.573. The van der Waals surface area contributed by atoms with Crippen LogP contribution in [0.15, 0.2) is 61.7 Å². The topological polar surface area (TPSA) is 121 Å². The molecule has 2 aromatic carbocycles. The van der Waals surface area contributed by atoms with Crippen molar-refractivity contribution in [1.82, 2.24) is 0 Å². The van der Waals surface area contributed by atoms with E-state index in [9.17, 15) is 19.8 Å². The minimum Gasteiger partial charge on any atom is -0.872 e. The number of benzene rings is 2. The van der Waals surface area contributed by atoms with Crippen molar-refractivity contribution in [2.24, 2.45) is 0 Å². The summed E-state index contributed by atoms with van der Waals surface area (Å²) in [5, 5.41) is 40.0. The van der Waals surface area contributed by atoms with Crippen molar-refractivity contribution < 1.29 is 30.0 Å². The molecule has 0 aliphatic carbocycles. The van der Waals surface area contributed by atoms with Crippen LogP contribution in [0.25, 0.3) is 0 Å². The van der Waals surface area contributed by atoms with Gasteiger partial charge in [-0.2, -0.15) is 0 Å². The van der Waals surface area contributed by atoms with Gasteiger partial charge in [0, 0.05) is 0 Å². The Morgan fingerprint density at radius 1 is 0.815 bits per heavy atom. The summed E-state index contributed by atoms with van der Waals surface area (Å²) in [6.45, 7) is 6.97. The number of para-hydroxylation sites is 2. The van der Waals surface area contributed by atoms with Gasteiger partial charge in [-0.05, 0) is 25.0 Å². The number of carbonyl (C=O) groups is 2. The van der Waals surface area contributed by atoms with Crippen LogP contribution in [0.1, 0.15) is 31.8 Å². The predicted molar refractivity (Wildman–Crippen MR) is 99.3 cm³/mol. The van der Waals surface area contributed by atoms with Crippen molar-refractivity contribution >= 4 is 49.7 Å². The molecule has 0 aliphatic heterocycles. The molecule has 0 radical (unpaired) electrons. The van der Waals surface area contributed by atoms with Gasteiger partial charge < -0.3 is 20.4 Å². The van der Waals surface area contributed by atoms with Crippen molar-refractivity contribution in [3.8, 4) is 11.5 Å². The Morgan fingerprint density at radius 3 is 1.41 bits per heavy atom. The molecule has 2 N–H and O–H groups in total. The van der Waals surface area contributed by atoms with E-state index in [2.05, 4.69) is 13.2 Å². The van der Waals surface area contributed by atoms with Gasteiger partial charge >= 0.3 is 49.7 Å². The molecule has 0 heterocycles. The van der Waals surface area contributed by atoms with Crippen molar-refractivity contribution in [3.05, 3.63) is 84.0 Å². The second kappa shape index (κ2) is 12.2. The minimum absolute atomic E-state index is 0. The summed E-state index contributed by atoms with van der Waals surface area (Å²) in [6, 6.07) is 8.94. The van der Waals surface area contributed by atoms with E-state index < -0.39 is 23.4 Å². The van der Waals surface area contributed by atoms with Gasteiger partial charge in [0.05, 0.1) is 11.1 Å². The SMILES string of the molecule is C=CCc1cccc(C(=O)O)c1[O-].C=CCc1cccc(C(=O)O)c1[O-].[Ca+2]. The zero-order valence-electron chi connectivity index (χ0n) is 14.7. The summed E-state index contributed by atoms with van der Waals surface area (Å²) < 4.78 is 0. The molecule has 0 aromatic heterocycles. The zero-order chi connectivity index (χ0) is 19.7. The van der Waals surface area contributed by atoms with E-state index >= 15 is 0 Å². The van der Waals surface area contributed by atoms with E-state index in [-0.39, 0.29) is 48.9 Å². The Labute approximate surface area is 187 Å². The Hall–Kier alpha value is -2.28. The first kappa shape index (κ1) is 24.7. The van der Waals surface area contributed by atoms with E-state index in [0.29, 0.717) is 24.0 Å². The Bertz CT molecular complexity index is 760. The predicted octanol–water partition coefficient (Wildman–Crippen LogP) is 1.99. The number of carboxylic acid groups (broad SMARTS) is 2. The Morgan fingerprint density at radius 2 is 1.15 bits per heavy atom. The molecule has 0 aliphatic rings. The normalized spacial score (nSPS) is 9.19. The third-order valence-corrected chi connectivity index (χ3v) is 3.38. The number of allylic oxidation sites excluding steroid dienone is 2. The van der Waals surface area contributed by atoms with Gasteiger partial charge in [0.25, 0.3) is 0 Å². The summed E-state index contributed by atoms with van der Waals surface area (Å²) >= 11 is 0. The number of rotatable bonds is 6. The molecule has 6 nitrogen and oxygen atoms in total. The van der Waals surface area contributed by atoms with Gasteiger partial charge in [0.15, 0.2) is 0 Å². The van der Waals surface area contributed by atoms with Crippen molar-refractivity contribution in [1.29, 1.82) is 0 Å². The van der Waals surface area contributed by atoms with Crippen LogP contribution >= 0.6 is 0 Å². The molecule has 0 fully saturated rings. The maximum atomic E-state index is 11.4. The fraction of sp³-hybridized carbons (Fsp3) is 0.100. The second-order valence-corrected chi connectivity index (χ2v) is 5.18. The molecule has 0 bridgehead atoms. The maximum absolute atomic E-state index is 11.4. The van der Waals surface area contributed by atoms with E-state index in [1.54, 1.807) is 36.4 Å². The Kier molecular flexibility index (Phi) is 11.1. The van der Waals surface area contributed by atoms with Crippen LogP contribution in [-0.4, -0.2) is 59.9 Å². The van der Waals surface area contributed by atoms with Crippen molar-refractivity contribution in [3.63, 3.8) is 0 Å². The average Bonchev–Trinajstić information content (AvgIpc) is 2.59. The molecule has 0 saturated heterocycles. The largest absolute Gasteiger partial charge is 2.00 e. The van der Waals surface area contributed by atoms with Gasteiger partial charge in [-0.25, -0.2) is 9.59 Å². The van der Waals surface area contributed by atoms with Gasteiger partial charge in [0.2, 0.25) is 0 Å². The maximum Gasteiger partial charge on any atom is 2.00 e. The van der Waals surface area contributed by atoms with Crippen LogP contribution in [0.4, 0.5) is 0 Å². The molecule has 7 heteroatoms. The molecule has 0 atom stereocenters. The molecule has 2 rings (SSSR count). The number of aromatic carboxylic acids is 2. The fourth-order valence-electron chi connectivity index (χ4n) is 2.14. The van der Waals surface area contributed by atoms with Crippen LogP contribution < -0.4 is 10.2 Å². The number of hydrogen-bond donors (Lipinski definition) is 2. The van der Waals surface area contributed by atoms with Crippen LogP contribution in [0.5, 0.6) is 11.5 Å². The summed E-state index contributed by atoms with van der Waals surface area (Å²) in [7, 11) is 0. The van der Waals surface area contributed by atoms with Crippen molar-refractivity contribution in [2.45, 2.75) is 12.8 Å². The molecule has 136 valence electrons. The average molecular weight is 394 g/mol. The molecule has 0 spiro atoms. The van der Waals surface area contributed by atoms with Crippen LogP contribution in [0.3, 0.4) is 0 Å². The van der Waals surface area contributed by atoms with E-state index in [1.807, 2.05) is 0 Å². The second-order valence-electron chi connectivity index (χ2n) is 5.18. The quantitative estimate of drug-likeness (QED) is 0.571. The first-order valence-corrected chi connectivity index (χ1v) is 7.59. The van der Waals surface area contributed by atoms with Gasteiger partial charge in [0.1, 0.15) is 0 Å². The number of carboxylic acids is 2. The molecular weight excluding hydrogens is 376 g/mol. The van der Waals surface area contributed by atoms with E-state index in [0.717, 1.165) is 0 Å². The van der Waals surface area contributed by atoms with Crippen LogP contribution in [-0.2, 0) is 12.8 Å². The summed E-state index contributed by atoms with van der Waals surface area (Å²) in [4.78, 5) is 21.1. The molecule has 0 unspecified atom stereocenters. The first-order valence-electron chi connectivity index (χ1n) is 7.59. The summed E-state index contributed by atoms with van der Waals surface area (Å²) in [6.07, 6.45) is 3.95. The third kappa shape index (κ3) is 7.09. The fourth-order valence-corrected chi connectivity index (χ4v) is 2.14.